The zero-order valence-electron chi connectivity index (χ0n) is 22.6. The van der Waals surface area contributed by atoms with Crippen LogP contribution in [0.25, 0.3) is 38.1 Å². The highest BCUT2D eigenvalue weighted by atomic mass is 32.1. The van der Waals surface area contributed by atoms with E-state index >= 15 is 0 Å². The van der Waals surface area contributed by atoms with Gasteiger partial charge in [0, 0.05) is 16.6 Å². The Kier molecular flexibility index (Phi) is 6.26. The first-order valence-electron chi connectivity index (χ1n) is 13.1. The maximum atomic E-state index is 9.29. The van der Waals surface area contributed by atoms with Gasteiger partial charge in [-0.05, 0) is 72.8 Å². The van der Waals surface area contributed by atoms with Crippen molar-refractivity contribution in [1.82, 2.24) is 29.9 Å². The third-order valence-electron chi connectivity index (χ3n) is 6.83. The molecule has 0 saturated carbocycles. The predicted molar refractivity (Wildman–Crippen MR) is 163 cm³/mol. The molecule has 7 rings (SSSR count). The minimum atomic E-state index is 0.419. The van der Waals surface area contributed by atoms with E-state index in [4.69, 9.17) is 9.72 Å². The molecule has 0 radical (unpaired) electrons. The van der Waals surface area contributed by atoms with E-state index < -0.39 is 0 Å². The van der Waals surface area contributed by atoms with Gasteiger partial charge in [0.2, 0.25) is 11.8 Å². The van der Waals surface area contributed by atoms with E-state index in [0.717, 1.165) is 54.9 Å². The van der Waals surface area contributed by atoms with Crippen molar-refractivity contribution in [1.29, 1.82) is 5.26 Å². The van der Waals surface area contributed by atoms with Crippen LogP contribution in [0, 0.1) is 25.2 Å². The number of nitrogens with zero attached hydrogens (tertiary/aromatic N) is 7. The first-order valence-corrected chi connectivity index (χ1v) is 14.0. The highest BCUT2D eigenvalue weighted by molar-refractivity contribution is 7.17. The monoisotopic (exact) mass is 566 g/mol. The van der Waals surface area contributed by atoms with Crippen LogP contribution < -0.4 is 10.1 Å². The molecule has 4 aromatic heterocycles. The van der Waals surface area contributed by atoms with E-state index in [1.165, 1.54) is 11.3 Å². The Labute approximate surface area is 244 Å². The molecule has 0 spiro atoms. The molecule has 0 saturated heterocycles. The molecule has 10 heteroatoms. The maximum Gasteiger partial charge on any atom is 0.242 e. The Morgan fingerprint density at radius 1 is 0.929 bits per heavy atom. The lowest BCUT2D eigenvalue weighted by Crippen LogP contribution is -2.00. The number of pyridine rings is 1. The summed E-state index contributed by atoms with van der Waals surface area (Å²) in [5, 5.41) is 24.3. The minimum Gasteiger partial charge on any atom is -0.437 e. The second-order valence-electron chi connectivity index (χ2n) is 9.78. The number of rotatable bonds is 6. The fourth-order valence-corrected chi connectivity index (χ4v) is 5.55. The predicted octanol–water partition coefficient (Wildman–Crippen LogP) is 7.51. The Morgan fingerprint density at radius 3 is 2.55 bits per heavy atom. The lowest BCUT2D eigenvalue weighted by Gasteiger charge is -2.13. The largest absolute Gasteiger partial charge is 0.437 e. The normalized spacial score (nSPS) is 11.1. The minimum absolute atomic E-state index is 0.419. The van der Waals surface area contributed by atoms with Gasteiger partial charge in [0.05, 0.1) is 40.7 Å². The molecule has 0 aliphatic carbocycles. The van der Waals surface area contributed by atoms with Crippen molar-refractivity contribution in [3.8, 4) is 34.6 Å². The van der Waals surface area contributed by atoms with Crippen LogP contribution in [0.5, 0.6) is 11.6 Å². The highest BCUT2D eigenvalue weighted by Gasteiger charge is 2.15. The molecule has 4 heterocycles. The second kappa shape index (κ2) is 10.4. The van der Waals surface area contributed by atoms with Gasteiger partial charge in [0.1, 0.15) is 16.1 Å². The molecular weight excluding hydrogens is 544 g/mol. The van der Waals surface area contributed by atoms with Crippen LogP contribution in [-0.4, -0.2) is 29.9 Å². The number of ether oxygens (including phenoxy) is 1. The molecule has 42 heavy (non-hydrogen) atoms. The molecule has 0 atom stereocenters. The molecule has 202 valence electrons. The lowest BCUT2D eigenvalue weighted by molar-refractivity contribution is 0.463. The maximum absolute atomic E-state index is 9.29. The number of nitrogens with one attached hydrogen (secondary N) is 1. The molecular formula is C32H22N8OS. The van der Waals surface area contributed by atoms with Crippen LogP contribution in [-0.2, 0) is 0 Å². The average molecular weight is 567 g/mol. The van der Waals surface area contributed by atoms with Crippen LogP contribution in [0.1, 0.15) is 16.7 Å². The van der Waals surface area contributed by atoms with Crippen molar-refractivity contribution < 1.29 is 4.74 Å². The first kappa shape index (κ1) is 25.3. The fraction of sp³-hybridized carbons (Fsp3) is 0.0625. The van der Waals surface area contributed by atoms with Crippen LogP contribution in [0.3, 0.4) is 0 Å². The number of thiophene rings is 1. The third kappa shape index (κ3) is 4.78. The fourth-order valence-electron chi connectivity index (χ4n) is 4.79. The number of hydrogen-bond acceptors (Lipinski definition) is 9. The summed E-state index contributed by atoms with van der Waals surface area (Å²) in [7, 11) is 0. The molecule has 0 aliphatic rings. The quantitative estimate of drug-likeness (QED) is 0.220. The molecule has 0 bridgehead atoms. The molecule has 1 N–H and O–H groups in total. The number of nitriles is 1. The summed E-state index contributed by atoms with van der Waals surface area (Å²) in [5.41, 5.74) is 7.38. The Bertz CT molecular complexity index is 2120. The van der Waals surface area contributed by atoms with Crippen molar-refractivity contribution >= 4 is 44.1 Å². The summed E-state index contributed by atoms with van der Waals surface area (Å²) >= 11 is 1.52. The van der Waals surface area contributed by atoms with Gasteiger partial charge in [-0.15, -0.1) is 16.4 Å². The van der Waals surface area contributed by atoms with E-state index in [-0.39, 0.29) is 0 Å². The number of anilines is 2. The van der Waals surface area contributed by atoms with Gasteiger partial charge in [-0.2, -0.15) is 10.2 Å². The van der Waals surface area contributed by atoms with E-state index in [9.17, 15) is 5.26 Å². The number of para-hydroxylation sites is 1. The van der Waals surface area contributed by atoms with E-state index in [1.54, 1.807) is 10.9 Å². The van der Waals surface area contributed by atoms with Gasteiger partial charge in [-0.25, -0.2) is 9.67 Å². The van der Waals surface area contributed by atoms with Crippen LogP contribution in [0.4, 0.5) is 11.6 Å². The number of aromatic nitrogens is 6. The lowest BCUT2D eigenvalue weighted by atomic mass is 10.1. The summed E-state index contributed by atoms with van der Waals surface area (Å²) < 4.78 is 8.89. The summed E-state index contributed by atoms with van der Waals surface area (Å²) in [6.45, 7) is 3.85. The summed E-state index contributed by atoms with van der Waals surface area (Å²) in [6, 6.07) is 25.6. The van der Waals surface area contributed by atoms with Crippen molar-refractivity contribution in [2.24, 2.45) is 0 Å². The third-order valence-corrected chi connectivity index (χ3v) is 7.72. The molecule has 0 aliphatic heterocycles. The molecule has 7 aromatic rings. The standard InChI is InChI=1S/C32H22N8OS/c1-19-13-21(16-33)14-20(2)29(19)41-31-30-27(11-12-42-30)36-32(37-31)35-24-9-7-22(8-10-24)28-18-40(39-38-28)25-15-23-5-3-4-6-26(23)34-17-25/h3-15,17-18H,1-2H3,(H,35,36,37). The zero-order chi connectivity index (χ0) is 28.6. The number of benzene rings is 3. The molecule has 0 fully saturated rings. The Hall–Kier alpha value is -5.66. The number of aryl methyl sites for hydroxylation is 2. The van der Waals surface area contributed by atoms with Gasteiger partial charge in [-0.3, -0.25) is 4.98 Å². The Balaban J connectivity index is 1.13. The van der Waals surface area contributed by atoms with E-state index in [2.05, 4.69) is 31.7 Å². The van der Waals surface area contributed by atoms with Crippen molar-refractivity contribution in [2.45, 2.75) is 13.8 Å². The van der Waals surface area contributed by atoms with Gasteiger partial charge in [0.25, 0.3) is 0 Å². The summed E-state index contributed by atoms with van der Waals surface area (Å²) in [6.07, 6.45) is 3.68. The van der Waals surface area contributed by atoms with Gasteiger partial charge >= 0.3 is 0 Å². The SMILES string of the molecule is Cc1cc(C#N)cc(C)c1Oc1nc(Nc2ccc(-c3cn(-c4cnc5ccccc5c4)nn3)cc2)nc2ccsc12. The molecule has 3 aromatic carbocycles. The first-order chi connectivity index (χ1) is 20.5. The van der Waals surface area contributed by atoms with E-state index in [1.807, 2.05) is 98.2 Å². The smallest absolute Gasteiger partial charge is 0.242 e. The van der Waals surface area contributed by atoms with Crippen LogP contribution in [0.2, 0.25) is 0 Å². The van der Waals surface area contributed by atoms with Crippen molar-refractivity contribution in [2.75, 3.05) is 5.32 Å². The highest BCUT2D eigenvalue weighted by Crippen LogP contribution is 2.36. The van der Waals surface area contributed by atoms with E-state index in [0.29, 0.717) is 23.1 Å². The molecule has 0 amide bonds. The summed E-state index contributed by atoms with van der Waals surface area (Å²) in [5.74, 6) is 1.57. The second-order valence-corrected chi connectivity index (χ2v) is 10.7. The van der Waals surface area contributed by atoms with Gasteiger partial charge < -0.3 is 10.1 Å². The van der Waals surface area contributed by atoms with Gasteiger partial charge in [-0.1, -0.05) is 35.5 Å². The summed E-state index contributed by atoms with van der Waals surface area (Å²) in [4.78, 5) is 13.9. The van der Waals surface area contributed by atoms with Crippen LogP contribution >= 0.6 is 11.3 Å². The number of fused-ring (bicyclic) bond motifs is 2. The van der Waals surface area contributed by atoms with Crippen molar-refractivity contribution in [3.05, 3.63) is 107 Å². The topological polar surface area (TPSA) is 114 Å². The Morgan fingerprint density at radius 2 is 1.74 bits per heavy atom. The van der Waals surface area contributed by atoms with Gasteiger partial charge in [0.15, 0.2) is 0 Å². The van der Waals surface area contributed by atoms with Crippen LogP contribution in [0.15, 0.2) is 90.6 Å². The molecule has 0 unspecified atom stereocenters. The van der Waals surface area contributed by atoms with Crippen molar-refractivity contribution in [3.63, 3.8) is 0 Å². The zero-order valence-corrected chi connectivity index (χ0v) is 23.4. The average Bonchev–Trinajstić information content (AvgIpc) is 3.70. The number of hydrogen-bond donors (Lipinski definition) is 1. The molecule has 9 nitrogen and oxygen atoms in total.